The Morgan fingerprint density at radius 1 is 1.29 bits per heavy atom. The fraction of sp³-hybridized carbons (Fsp3) is 0.214. The van der Waals surface area contributed by atoms with Gasteiger partial charge in [0.05, 0.1) is 5.56 Å². The number of anilines is 1. The van der Waals surface area contributed by atoms with Gasteiger partial charge in [0.1, 0.15) is 16.0 Å². The molecule has 0 unspecified atom stereocenters. The van der Waals surface area contributed by atoms with Crippen LogP contribution in [0, 0.1) is 11.3 Å². The van der Waals surface area contributed by atoms with Crippen LogP contribution in [-0.2, 0) is 22.9 Å². The highest BCUT2D eigenvalue weighted by Gasteiger charge is 2.26. The van der Waals surface area contributed by atoms with Crippen LogP contribution in [0.25, 0.3) is 0 Å². The molecule has 0 saturated carbocycles. The minimum Gasteiger partial charge on any atom is -0.269 e. The molecule has 0 fully saturated rings. The lowest BCUT2D eigenvalue weighted by Gasteiger charge is -2.08. The van der Waals surface area contributed by atoms with Crippen LogP contribution in [0.15, 0.2) is 33.6 Å². The number of nitriles is 1. The molecule has 1 aromatic carbocycles. The Balaban J connectivity index is 2.02. The molecular weight excluding hydrogens is 372 g/mol. The lowest BCUT2D eigenvalue weighted by molar-refractivity contribution is 0.601. The van der Waals surface area contributed by atoms with E-state index in [1.165, 1.54) is 17.4 Å². The van der Waals surface area contributed by atoms with Crippen molar-refractivity contribution in [3.8, 4) is 6.07 Å². The van der Waals surface area contributed by atoms with Gasteiger partial charge >= 0.3 is 0 Å². The maximum Gasteiger partial charge on any atom is 0.263 e. The Kier molecular flexibility index (Phi) is 3.78. The van der Waals surface area contributed by atoms with E-state index in [-0.39, 0.29) is 4.90 Å². The summed E-state index contributed by atoms with van der Waals surface area (Å²) in [5.41, 5.74) is 1.48. The molecule has 0 radical (unpaired) electrons. The van der Waals surface area contributed by atoms with Crippen LogP contribution in [0.4, 0.5) is 5.00 Å². The number of sulfonamides is 1. The van der Waals surface area contributed by atoms with Crippen LogP contribution in [0.5, 0.6) is 0 Å². The van der Waals surface area contributed by atoms with Crippen LogP contribution in [-0.4, -0.2) is 8.42 Å². The van der Waals surface area contributed by atoms with Crippen molar-refractivity contribution in [1.82, 2.24) is 0 Å². The summed E-state index contributed by atoms with van der Waals surface area (Å²) in [6, 6.07) is 8.76. The molecule has 1 aliphatic rings. The van der Waals surface area contributed by atoms with E-state index >= 15 is 0 Å². The molecule has 1 aliphatic carbocycles. The van der Waals surface area contributed by atoms with E-state index in [2.05, 4.69) is 26.7 Å². The maximum absolute atomic E-state index is 12.5. The summed E-state index contributed by atoms with van der Waals surface area (Å²) in [6.07, 6.45) is 2.81. The van der Waals surface area contributed by atoms with Crippen LogP contribution in [0.3, 0.4) is 0 Å². The van der Waals surface area contributed by atoms with Gasteiger partial charge in [-0.1, -0.05) is 12.1 Å². The summed E-state index contributed by atoms with van der Waals surface area (Å²) in [7, 11) is -3.70. The lowest BCUT2D eigenvalue weighted by atomic mass is 10.1. The predicted molar refractivity (Wildman–Crippen MR) is 86.0 cm³/mol. The zero-order valence-corrected chi connectivity index (χ0v) is 14.1. The van der Waals surface area contributed by atoms with E-state index < -0.39 is 10.0 Å². The number of nitrogens with zero attached hydrogens (tertiary/aromatic N) is 1. The van der Waals surface area contributed by atoms with Crippen LogP contribution >= 0.6 is 27.3 Å². The van der Waals surface area contributed by atoms with Crippen molar-refractivity contribution in [3.05, 3.63) is 44.7 Å². The van der Waals surface area contributed by atoms with Gasteiger partial charge in [-0.2, -0.15) is 5.26 Å². The molecule has 7 heteroatoms. The van der Waals surface area contributed by atoms with Gasteiger partial charge < -0.3 is 0 Å². The first-order chi connectivity index (χ1) is 10.0. The van der Waals surface area contributed by atoms with Crippen molar-refractivity contribution in [1.29, 1.82) is 5.26 Å². The van der Waals surface area contributed by atoms with E-state index in [0.717, 1.165) is 29.7 Å². The van der Waals surface area contributed by atoms with E-state index in [9.17, 15) is 13.7 Å². The maximum atomic E-state index is 12.5. The van der Waals surface area contributed by atoms with E-state index in [1.54, 1.807) is 18.2 Å². The number of fused-ring (bicyclic) bond motifs is 1. The Labute approximate surface area is 135 Å². The molecular formula is C14H11BrN2O2S2. The zero-order chi connectivity index (χ0) is 15.0. The van der Waals surface area contributed by atoms with Crippen molar-refractivity contribution in [2.45, 2.75) is 24.2 Å². The summed E-state index contributed by atoms with van der Waals surface area (Å²) in [4.78, 5) is 1.29. The van der Waals surface area contributed by atoms with Gasteiger partial charge in [0.2, 0.25) is 0 Å². The highest BCUT2D eigenvalue weighted by Crippen LogP contribution is 2.39. The number of rotatable bonds is 3. The Hall–Kier alpha value is -1.36. The molecule has 21 heavy (non-hydrogen) atoms. The number of aryl methyl sites for hydroxylation is 1. The minimum absolute atomic E-state index is 0.169. The standard InChI is InChI=1S/C14H11BrN2O2S2/c15-11-5-1-2-7-13(11)21(18,19)17-14-10(8-16)9-4-3-6-12(9)20-14/h1-2,5,7,17H,3-4,6H2. The third-order valence-corrected chi connectivity index (χ3v) is 7.08. The minimum atomic E-state index is -3.70. The summed E-state index contributed by atoms with van der Waals surface area (Å²) >= 11 is 4.62. The molecule has 2 aromatic rings. The zero-order valence-electron chi connectivity index (χ0n) is 10.9. The summed E-state index contributed by atoms with van der Waals surface area (Å²) in [5.74, 6) is 0. The summed E-state index contributed by atoms with van der Waals surface area (Å²) in [5, 5.41) is 9.73. The normalized spacial score (nSPS) is 13.7. The van der Waals surface area contributed by atoms with Crippen molar-refractivity contribution in [2.75, 3.05) is 4.72 Å². The number of benzene rings is 1. The largest absolute Gasteiger partial charge is 0.269 e. The van der Waals surface area contributed by atoms with E-state index in [1.807, 2.05) is 0 Å². The number of nitrogens with one attached hydrogen (secondary N) is 1. The van der Waals surface area contributed by atoms with Gasteiger partial charge in [-0.25, -0.2) is 8.42 Å². The van der Waals surface area contributed by atoms with Crippen molar-refractivity contribution < 1.29 is 8.42 Å². The van der Waals surface area contributed by atoms with Gasteiger partial charge in [-0.15, -0.1) is 11.3 Å². The van der Waals surface area contributed by atoms with E-state index in [4.69, 9.17) is 0 Å². The molecule has 0 amide bonds. The van der Waals surface area contributed by atoms with E-state index in [0.29, 0.717) is 15.0 Å². The van der Waals surface area contributed by atoms with Crippen LogP contribution in [0.2, 0.25) is 0 Å². The highest BCUT2D eigenvalue weighted by molar-refractivity contribution is 9.10. The SMILES string of the molecule is N#Cc1c(NS(=O)(=O)c2ccccc2Br)sc2c1CCC2. The first kappa shape index (κ1) is 14.6. The van der Waals surface area contributed by atoms with Gasteiger partial charge in [0, 0.05) is 9.35 Å². The average Bonchev–Trinajstić information content (AvgIpc) is 2.98. The molecule has 3 rings (SSSR count). The molecule has 108 valence electrons. The third-order valence-electron chi connectivity index (χ3n) is 3.39. The topological polar surface area (TPSA) is 70.0 Å². The monoisotopic (exact) mass is 382 g/mol. The smallest absolute Gasteiger partial charge is 0.263 e. The fourth-order valence-electron chi connectivity index (χ4n) is 2.43. The second-order valence-corrected chi connectivity index (χ2v) is 8.32. The quantitative estimate of drug-likeness (QED) is 0.879. The molecule has 1 heterocycles. The van der Waals surface area contributed by atoms with Gasteiger partial charge in [-0.3, -0.25) is 4.72 Å². The van der Waals surface area contributed by atoms with Gasteiger partial charge in [0.25, 0.3) is 10.0 Å². The molecule has 0 spiro atoms. The molecule has 1 N–H and O–H groups in total. The number of thiophene rings is 1. The first-order valence-electron chi connectivity index (χ1n) is 6.35. The van der Waals surface area contributed by atoms with Gasteiger partial charge in [0.15, 0.2) is 0 Å². The molecule has 0 saturated heterocycles. The second kappa shape index (κ2) is 5.44. The summed E-state index contributed by atoms with van der Waals surface area (Å²) in [6.45, 7) is 0. The Bertz CT molecular complexity index is 850. The summed E-state index contributed by atoms with van der Waals surface area (Å²) < 4.78 is 28.0. The fourth-order valence-corrected chi connectivity index (χ4v) is 5.98. The first-order valence-corrected chi connectivity index (χ1v) is 9.44. The number of hydrogen-bond acceptors (Lipinski definition) is 4. The molecule has 4 nitrogen and oxygen atoms in total. The average molecular weight is 383 g/mol. The molecule has 0 bridgehead atoms. The Morgan fingerprint density at radius 3 is 2.76 bits per heavy atom. The second-order valence-electron chi connectivity index (χ2n) is 4.71. The number of halogens is 1. The van der Waals surface area contributed by atoms with Crippen molar-refractivity contribution in [2.24, 2.45) is 0 Å². The Morgan fingerprint density at radius 2 is 2.05 bits per heavy atom. The van der Waals surface area contributed by atoms with Crippen molar-refractivity contribution >= 4 is 42.3 Å². The third kappa shape index (κ3) is 2.59. The molecule has 1 aromatic heterocycles. The van der Waals surface area contributed by atoms with Crippen LogP contribution in [0.1, 0.15) is 22.4 Å². The van der Waals surface area contributed by atoms with Crippen LogP contribution < -0.4 is 4.72 Å². The van der Waals surface area contributed by atoms with Gasteiger partial charge in [-0.05, 0) is 52.9 Å². The number of hydrogen-bond donors (Lipinski definition) is 1. The lowest BCUT2D eigenvalue weighted by Crippen LogP contribution is -2.13. The molecule has 0 aliphatic heterocycles. The predicted octanol–water partition coefficient (Wildman–Crippen LogP) is 3.67. The highest BCUT2D eigenvalue weighted by atomic mass is 79.9. The molecule has 0 atom stereocenters. The van der Waals surface area contributed by atoms with Crippen molar-refractivity contribution in [3.63, 3.8) is 0 Å².